The molecule has 0 aliphatic carbocycles. The summed E-state index contributed by atoms with van der Waals surface area (Å²) in [7, 11) is 0. The second kappa shape index (κ2) is 5.43. The molecule has 4 rings (SSSR count). The van der Waals surface area contributed by atoms with Gasteiger partial charge in [-0.25, -0.2) is 4.98 Å². The molecule has 0 unspecified atom stereocenters. The van der Waals surface area contributed by atoms with Gasteiger partial charge in [0.2, 0.25) is 0 Å². The number of para-hydroxylation sites is 2. The van der Waals surface area contributed by atoms with Crippen LogP contribution in [0.3, 0.4) is 0 Å². The first-order valence-electron chi connectivity index (χ1n) is 8.07. The predicted molar refractivity (Wildman–Crippen MR) is 83.1 cm³/mol. The van der Waals surface area contributed by atoms with Crippen molar-refractivity contribution in [1.29, 1.82) is 0 Å². The number of nitrogens with zero attached hydrogens (tertiary/aromatic N) is 2. The molecule has 0 amide bonds. The van der Waals surface area contributed by atoms with Crippen molar-refractivity contribution in [2.75, 3.05) is 26.3 Å². The lowest BCUT2D eigenvalue weighted by Gasteiger charge is -2.45. The van der Waals surface area contributed by atoms with Gasteiger partial charge in [0.15, 0.2) is 0 Å². The summed E-state index contributed by atoms with van der Waals surface area (Å²) < 4.78 is 5.55. The first kappa shape index (κ1) is 13.3. The van der Waals surface area contributed by atoms with E-state index in [1.807, 2.05) is 6.07 Å². The first-order chi connectivity index (χ1) is 10.3. The van der Waals surface area contributed by atoms with E-state index >= 15 is 0 Å². The molecular formula is C17H23N3O. The average Bonchev–Trinajstić information content (AvgIpc) is 2.90. The van der Waals surface area contributed by atoms with Crippen molar-refractivity contribution in [2.24, 2.45) is 5.41 Å². The Labute approximate surface area is 125 Å². The highest BCUT2D eigenvalue weighted by Crippen LogP contribution is 2.39. The molecule has 1 aromatic heterocycles. The maximum atomic E-state index is 5.55. The molecule has 0 atom stereocenters. The van der Waals surface area contributed by atoms with Crippen LogP contribution in [0.1, 0.15) is 31.5 Å². The second-order valence-electron chi connectivity index (χ2n) is 6.63. The third kappa shape index (κ3) is 2.70. The number of rotatable bonds is 2. The van der Waals surface area contributed by atoms with Crippen molar-refractivity contribution >= 4 is 11.0 Å². The highest BCUT2D eigenvalue weighted by atomic mass is 16.5. The molecule has 2 aliphatic rings. The fourth-order valence-electron chi connectivity index (χ4n) is 3.95. The van der Waals surface area contributed by atoms with Gasteiger partial charge in [0, 0.05) is 19.8 Å². The van der Waals surface area contributed by atoms with E-state index < -0.39 is 0 Å². The van der Waals surface area contributed by atoms with Crippen molar-refractivity contribution in [3.05, 3.63) is 30.1 Å². The highest BCUT2D eigenvalue weighted by Gasteiger charge is 2.36. The number of aromatic nitrogens is 2. The molecule has 2 fully saturated rings. The maximum absolute atomic E-state index is 5.55. The standard InChI is InChI=1S/C17H23N3O/c1-2-5-15-14(4-1)18-16(19-15)12-20-9-3-6-17(13-20)7-10-21-11-8-17/h1-2,4-5H,3,6-13H2,(H,18,19). The lowest BCUT2D eigenvalue weighted by atomic mass is 9.74. The van der Waals surface area contributed by atoms with Crippen molar-refractivity contribution < 1.29 is 4.74 Å². The molecule has 1 spiro atoms. The Kier molecular flexibility index (Phi) is 3.43. The number of hydrogen-bond acceptors (Lipinski definition) is 3. The minimum atomic E-state index is 0.502. The molecule has 2 saturated heterocycles. The molecule has 112 valence electrons. The highest BCUT2D eigenvalue weighted by molar-refractivity contribution is 5.74. The Morgan fingerprint density at radius 2 is 2.05 bits per heavy atom. The number of hydrogen-bond donors (Lipinski definition) is 1. The smallest absolute Gasteiger partial charge is 0.121 e. The molecule has 4 heteroatoms. The number of benzene rings is 1. The van der Waals surface area contributed by atoms with E-state index in [9.17, 15) is 0 Å². The molecule has 3 heterocycles. The Balaban J connectivity index is 1.48. The summed E-state index contributed by atoms with van der Waals surface area (Å²) in [6.45, 7) is 5.22. The van der Waals surface area contributed by atoms with E-state index in [4.69, 9.17) is 9.72 Å². The van der Waals surface area contributed by atoms with Gasteiger partial charge in [0.05, 0.1) is 17.6 Å². The summed E-state index contributed by atoms with van der Waals surface area (Å²) >= 11 is 0. The van der Waals surface area contributed by atoms with Crippen LogP contribution < -0.4 is 0 Å². The van der Waals surface area contributed by atoms with Crippen LogP contribution in [0.5, 0.6) is 0 Å². The molecule has 4 nitrogen and oxygen atoms in total. The third-order valence-corrected chi connectivity index (χ3v) is 5.11. The monoisotopic (exact) mass is 285 g/mol. The van der Waals surface area contributed by atoms with Crippen molar-refractivity contribution in [2.45, 2.75) is 32.2 Å². The zero-order valence-corrected chi connectivity index (χ0v) is 12.5. The minimum Gasteiger partial charge on any atom is -0.381 e. The number of imidazole rings is 1. The van der Waals surface area contributed by atoms with Gasteiger partial charge in [-0.15, -0.1) is 0 Å². The molecule has 2 aliphatic heterocycles. The number of aromatic amines is 1. The number of likely N-dealkylation sites (tertiary alicyclic amines) is 1. The second-order valence-corrected chi connectivity index (χ2v) is 6.63. The van der Waals surface area contributed by atoms with Crippen LogP contribution >= 0.6 is 0 Å². The fraction of sp³-hybridized carbons (Fsp3) is 0.588. The summed E-state index contributed by atoms with van der Waals surface area (Å²) in [6, 6.07) is 8.28. The lowest BCUT2D eigenvalue weighted by molar-refractivity contribution is -0.0295. The topological polar surface area (TPSA) is 41.2 Å². The van der Waals surface area contributed by atoms with Gasteiger partial charge in [-0.1, -0.05) is 12.1 Å². The normalized spacial score (nSPS) is 22.9. The van der Waals surface area contributed by atoms with E-state index in [1.165, 1.54) is 38.8 Å². The zero-order chi connectivity index (χ0) is 14.1. The quantitative estimate of drug-likeness (QED) is 0.922. The van der Waals surface area contributed by atoms with Crippen LogP contribution in [0.4, 0.5) is 0 Å². The van der Waals surface area contributed by atoms with Crippen LogP contribution in [0.25, 0.3) is 11.0 Å². The van der Waals surface area contributed by atoms with E-state index in [0.717, 1.165) is 36.6 Å². The first-order valence-corrected chi connectivity index (χ1v) is 8.07. The Morgan fingerprint density at radius 3 is 2.90 bits per heavy atom. The van der Waals surface area contributed by atoms with E-state index in [1.54, 1.807) is 0 Å². The summed E-state index contributed by atoms with van der Waals surface area (Å²) in [4.78, 5) is 10.8. The fourth-order valence-corrected chi connectivity index (χ4v) is 3.95. The average molecular weight is 285 g/mol. The van der Waals surface area contributed by atoms with Gasteiger partial charge < -0.3 is 9.72 Å². The molecule has 0 bridgehead atoms. The summed E-state index contributed by atoms with van der Waals surface area (Å²) in [6.07, 6.45) is 5.13. The van der Waals surface area contributed by atoms with Crippen molar-refractivity contribution in [3.63, 3.8) is 0 Å². The largest absolute Gasteiger partial charge is 0.381 e. The minimum absolute atomic E-state index is 0.502. The molecule has 21 heavy (non-hydrogen) atoms. The molecule has 1 N–H and O–H groups in total. The van der Waals surface area contributed by atoms with Crippen molar-refractivity contribution in [3.8, 4) is 0 Å². The van der Waals surface area contributed by atoms with Crippen LogP contribution in [0.15, 0.2) is 24.3 Å². The van der Waals surface area contributed by atoms with Gasteiger partial charge in [-0.2, -0.15) is 0 Å². The van der Waals surface area contributed by atoms with Crippen LogP contribution in [-0.2, 0) is 11.3 Å². The molecule has 0 saturated carbocycles. The van der Waals surface area contributed by atoms with Crippen LogP contribution in [-0.4, -0.2) is 41.2 Å². The number of nitrogens with one attached hydrogen (secondary N) is 1. The van der Waals surface area contributed by atoms with Gasteiger partial charge >= 0.3 is 0 Å². The summed E-state index contributed by atoms with van der Waals surface area (Å²) in [5, 5.41) is 0. The van der Waals surface area contributed by atoms with Crippen LogP contribution in [0, 0.1) is 5.41 Å². The molecular weight excluding hydrogens is 262 g/mol. The molecule has 2 aromatic rings. The third-order valence-electron chi connectivity index (χ3n) is 5.11. The lowest BCUT2D eigenvalue weighted by Crippen LogP contribution is -2.45. The number of ether oxygens (including phenoxy) is 1. The Hall–Kier alpha value is -1.39. The molecule has 1 aromatic carbocycles. The summed E-state index contributed by atoms with van der Waals surface area (Å²) in [5.41, 5.74) is 2.72. The van der Waals surface area contributed by atoms with Crippen molar-refractivity contribution in [1.82, 2.24) is 14.9 Å². The number of fused-ring (bicyclic) bond motifs is 1. The number of piperidine rings is 1. The van der Waals surface area contributed by atoms with E-state index in [0.29, 0.717) is 5.41 Å². The predicted octanol–water partition coefficient (Wildman–Crippen LogP) is 2.96. The summed E-state index contributed by atoms with van der Waals surface area (Å²) in [5.74, 6) is 1.10. The van der Waals surface area contributed by atoms with E-state index in [-0.39, 0.29) is 0 Å². The Morgan fingerprint density at radius 1 is 1.19 bits per heavy atom. The number of H-pyrrole nitrogens is 1. The van der Waals surface area contributed by atoms with Gasteiger partial charge in [-0.05, 0) is 49.8 Å². The maximum Gasteiger partial charge on any atom is 0.121 e. The van der Waals surface area contributed by atoms with Crippen LogP contribution in [0.2, 0.25) is 0 Å². The molecule has 0 radical (unpaired) electrons. The SMILES string of the molecule is c1ccc2[nH]c(CN3CCCC4(CCOCC4)C3)nc2c1. The van der Waals surface area contributed by atoms with E-state index in [2.05, 4.69) is 28.1 Å². The van der Waals surface area contributed by atoms with Gasteiger partial charge in [0.25, 0.3) is 0 Å². The zero-order valence-electron chi connectivity index (χ0n) is 12.5. The van der Waals surface area contributed by atoms with Gasteiger partial charge in [-0.3, -0.25) is 4.90 Å². The van der Waals surface area contributed by atoms with Gasteiger partial charge in [0.1, 0.15) is 5.82 Å². The Bertz CT molecular complexity index is 577.